The van der Waals surface area contributed by atoms with E-state index in [1.165, 1.54) is 17.9 Å². The van der Waals surface area contributed by atoms with E-state index in [1.807, 2.05) is 0 Å². The Balaban J connectivity index is 2.14. The molecule has 102 valence electrons. The summed E-state index contributed by atoms with van der Waals surface area (Å²) in [5.74, 6) is -0.259. The van der Waals surface area contributed by atoms with E-state index in [0.717, 1.165) is 0 Å². The predicted octanol–water partition coefficient (Wildman–Crippen LogP) is 2.21. The molecular formula is C14H17FN2O2. The summed E-state index contributed by atoms with van der Waals surface area (Å²) < 4.78 is 13.8. The number of urea groups is 1. The van der Waals surface area contributed by atoms with Crippen molar-refractivity contribution in [2.45, 2.75) is 19.4 Å². The van der Waals surface area contributed by atoms with Gasteiger partial charge in [-0.15, -0.1) is 0 Å². The van der Waals surface area contributed by atoms with Gasteiger partial charge in [-0.25, -0.2) is 9.18 Å². The second kappa shape index (κ2) is 5.38. The molecule has 0 aromatic heterocycles. The average molecular weight is 264 g/mol. The molecule has 1 aromatic carbocycles. The maximum absolute atomic E-state index is 13.8. The minimum absolute atomic E-state index is 0.0461. The number of nitrogens with zero attached hydrogens (tertiary/aromatic N) is 2. The zero-order valence-corrected chi connectivity index (χ0v) is 11.1. The Morgan fingerprint density at radius 2 is 2.11 bits per heavy atom. The fourth-order valence-corrected chi connectivity index (χ4v) is 2.30. The van der Waals surface area contributed by atoms with Gasteiger partial charge in [-0.1, -0.05) is 18.2 Å². The van der Waals surface area contributed by atoms with E-state index >= 15 is 0 Å². The third kappa shape index (κ3) is 2.75. The molecule has 1 fully saturated rings. The Kier molecular flexibility index (Phi) is 3.83. The number of carbonyl (C=O) groups excluding carboxylic acids is 2. The quantitative estimate of drug-likeness (QED) is 0.836. The lowest BCUT2D eigenvalue weighted by Gasteiger charge is -2.18. The van der Waals surface area contributed by atoms with Gasteiger partial charge in [-0.3, -0.25) is 4.79 Å². The molecule has 2 rings (SSSR count). The van der Waals surface area contributed by atoms with Crippen LogP contribution in [0.25, 0.3) is 0 Å². The predicted molar refractivity (Wildman–Crippen MR) is 69.2 cm³/mol. The number of hydrogen-bond acceptors (Lipinski definition) is 2. The lowest BCUT2D eigenvalue weighted by molar-refractivity contribution is -0.117. The first-order chi connectivity index (χ1) is 9.00. The molecule has 5 heteroatoms. The van der Waals surface area contributed by atoms with Crippen LogP contribution in [0.5, 0.6) is 0 Å². The lowest BCUT2D eigenvalue weighted by Crippen LogP contribution is -2.31. The van der Waals surface area contributed by atoms with Crippen LogP contribution >= 0.6 is 0 Å². The zero-order valence-electron chi connectivity index (χ0n) is 11.1. The van der Waals surface area contributed by atoms with Gasteiger partial charge < -0.3 is 9.80 Å². The maximum atomic E-state index is 13.8. The number of hydrogen-bond donors (Lipinski definition) is 0. The molecule has 1 heterocycles. The van der Waals surface area contributed by atoms with Crippen LogP contribution in [-0.2, 0) is 4.79 Å². The van der Waals surface area contributed by atoms with E-state index in [4.69, 9.17) is 0 Å². The molecule has 1 atom stereocenters. The van der Waals surface area contributed by atoms with E-state index in [-0.39, 0.29) is 23.7 Å². The van der Waals surface area contributed by atoms with Crippen molar-refractivity contribution in [2.75, 3.05) is 20.1 Å². The SMILES string of the molecule is CC(=O)CCN1CC(c2ccccc2F)N(C)C1=O. The van der Waals surface area contributed by atoms with Crippen molar-refractivity contribution >= 4 is 11.8 Å². The summed E-state index contributed by atoms with van der Waals surface area (Å²) in [6, 6.07) is 6.03. The molecule has 1 aliphatic heterocycles. The summed E-state index contributed by atoms with van der Waals surface area (Å²) in [6.07, 6.45) is 0.337. The number of halogens is 1. The second-order valence-corrected chi connectivity index (χ2v) is 4.83. The average Bonchev–Trinajstić information content (AvgIpc) is 2.65. The molecule has 0 bridgehead atoms. The molecule has 0 aliphatic carbocycles. The van der Waals surface area contributed by atoms with Crippen molar-refractivity contribution in [1.29, 1.82) is 0 Å². The largest absolute Gasteiger partial charge is 0.322 e. The van der Waals surface area contributed by atoms with Crippen LogP contribution in [0.4, 0.5) is 9.18 Å². The third-order valence-electron chi connectivity index (χ3n) is 3.43. The van der Waals surface area contributed by atoms with Crippen LogP contribution in [0.15, 0.2) is 24.3 Å². The summed E-state index contributed by atoms with van der Waals surface area (Å²) in [7, 11) is 1.66. The van der Waals surface area contributed by atoms with Gasteiger partial charge >= 0.3 is 6.03 Å². The van der Waals surface area contributed by atoms with E-state index < -0.39 is 0 Å². The van der Waals surface area contributed by atoms with Crippen molar-refractivity contribution in [3.05, 3.63) is 35.6 Å². The molecule has 2 amide bonds. The standard InChI is InChI=1S/C14H17FN2O2/c1-10(18)7-8-17-9-13(16(2)14(17)19)11-5-3-4-6-12(11)15/h3-6,13H,7-9H2,1-2H3. The van der Waals surface area contributed by atoms with Gasteiger partial charge in [0.2, 0.25) is 0 Å². The molecule has 1 saturated heterocycles. The van der Waals surface area contributed by atoms with E-state index in [2.05, 4.69) is 0 Å². The Hall–Kier alpha value is -1.91. The van der Waals surface area contributed by atoms with Crippen molar-refractivity contribution in [3.8, 4) is 0 Å². The van der Waals surface area contributed by atoms with Gasteiger partial charge in [0.05, 0.1) is 6.04 Å². The molecule has 1 unspecified atom stereocenters. The number of carbonyl (C=O) groups is 2. The number of likely N-dealkylation sites (N-methyl/N-ethyl adjacent to an activating group) is 1. The zero-order chi connectivity index (χ0) is 14.0. The highest BCUT2D eigenvalue weighted by Crippen LogP contribution is 2.29. The monoisotopic (exact) mass is 264 g/mol. The minimum Gasteiger partial charge on any atom is -0.322 e. The Morgan fingerprint density at radius 1 is 1.42 bits per heavy atom. The number of rotatable bonds is 4. The van der Waals surface area contributed by atoms with E-state index in [0.29, 0.717) is 25.1 Å². The Labute approximate surface area is 111 Å². The highest BCUT2D eigenvalue weighted by Gasteiger charge is 2.36. The van der Waals surface area contributed by atoms with Crippen molar-refractivity contribution < 1.29 is 14.0 Å². The van der Waals surface area contributed by atoms with Crippen molar-refractivity contribution in [2.24, 2.45) is 0 Å². The molecule has 19 heavy (non-hydrogen) atoms. The van der Waals surface area contributed by atoms with Crippen LogP contribution in [0, 0.1) is 5.82 Å². The summed E-state index contributed by atoms with van der Waals surface area (Å²) in [6.45, 7) is 2.31. The first-order valence-electron chi connectivity index (χ1n) is 6.26. The first-order valence-corrected chi connectivity index (χ1v) is 6.26. The number of Topliss-reactive ketones (excluding diaryl/α,β-unsaturated/α-hetero) is 1. The topological polar surface area (TPSA) is 40.6 Å². The van der Waals surface area contributed by atoms with Crippen molar-refractivity contribution in [3.63, 3.8) is 0 Å². The van der Waals surface area contributed by atoms with Gasteiger partial charge in [0, 0.05) is 32.1 Å². The highest BCUT2D eigenvalue weighted by atomic mass is 19.1. The maximum Gasteiger partial charge on any atom is 0.320 e. The molecule has 0 N–H and O–H groups in total. The van der Waals surface area contributed by atoms with Gasteiger partial charge in [0.25, 0.3) is 0 Å². The molecule has 1 aliphatic rings. The Bertz CT molecular complexity index is 504. The van der Waals surface area contributed by atoms with Crippen LogP contribution in [-0.4, -0.2) is 41.8 Å². The van der Waals surface area contributed by atoms with E-state index in [9.17, 15) is 14.0 Å². The Morgan fingerprint density at radius 3 is 2.74 bits per heavy atom. The van der Waals surface area contributed by atoms with Crippen molar-refractivity contribution in [1.82, 2.24) is 9.80 Å². The van der Waals surface area contributed by atoms with Gasteiger partial charge in [0.15, 0.2) is 0 Å². The van der Waals surface area contributed by atoms with Gasteiger partial charge in [-0.05, 0) is 13.0 Å². The lowest BCUT2D eigenvalue weighted by atomic mass is 10.1. The summed E-state index contributed by atoms with van der Waals surface area (Å²) in [4.78, 5) is 26.1. The van der Waals surface area contributed by atoms with Crippen LogP contribution in [0.2, 0.25) is 0 Å². The minimum atomic E-state index is -0.305. The molecule has 0 saturated carbocycles. The number of benzene rings is 1. The van der Waals surface area contributed by atoms with Crippen LogP contribution in [0.1, 0.15) is 24.9 Å². The molecule has 0 radical (unpaired) electrons. The second-order valence-electron chi connectivity index (χ2n) is 4.83. The van der Waals surface area contributed by atoms with Gasteiger partial charge in [-0.2, -0.15) is 0 Å². The normalized spacial score (nSPS) is 19.1. The molecule has 4 nitrogen and oxygen atoms in total. The number of ketones is 1. The van der Waals surface area contributed by atoms with Crippen LogP contribution < -0.4 is 0 Å². The highest BCUT2D eigenvalue weighted by molar-refractivity contribution is 5.79. The summed E-state index contributed by atoms with van der Waals surface area (Å²) in [5, 5.41) is 0. The summed E-state index contributed by atoms with van der Waals surface area (Å²) in [5.41, 5.74) is 0.517. The molecular weight excluding hydrogens is 247 g/mol. The third-order valence-corrected chi connectivity index (χ3v) is 3.43. The van der Waals surface area contributed by atoms with Crippen LogP contribution in [0.3, 0.4) is 0 Å². The first kappa shape index (κ1) is 13.5. The fourth-order valence-electron chi connectivity index (χ4n) is 2.30. The molecule has 1 aromatic rings. The van der Waals surface area contributed by atoms with E-state index in [1.54, 1.807) is 30.1 Å². The van der Waals surface area contributed by atoms with Gasteiger partial charge in [0.1, 0.15) is 11.6 Å². The summed E-state index contributed by atoms with van der Waals surface area (Å²) >= 11 is 0. The molecule has 0 spiro atoms. The smallest absolute Gasteiger partial charge is 0.320 e. The fraction of sp³-hybridized carbons (Fsp3) is 0.429. The number of amides is 2.